The maximum Gasteiger partial charge on any atom is 0.158 e. The maximum atomic E-state index is 13.4. The van der Waals surface area contributed by atoms with Crippen molar-refractivity contribution < 1.29 is 9.59 Å². The van der Waals surface area contributed by atoms with Crippen LogP contribution in [0, 0.1) is 34.5 Å². The molecular formula is C24H35N2O2-. The lowest BCUT2D eigenvalue weighted by atomic mass is 9.43. The molecule has 0 spiro atoms. The Labute approximate surface area is 169 Å². The van der Waals surface area contributed by atoms with Gasteiger partial charge in [-0.1, -0.05) is 45.1 Å². The number of nitrogens with one attached hydrogen (secondary N) is 1. The normalized spacial score (nSPS) is 41.6. The minimum Gasteiger partial charge on any atom is -0.676 e. The highest BCUT2D eigenvalue weighted by Crippen LogP contribution is 2.63. The number of Topliss-reactive ketones (excluding diaryl/α,β-unsaturated/α-hetero) is 2. The molecule has 5 aliphatic rings. The number of ketones is 2. The van der Waals surface area contributed by atoms with Crippen LogP contribution in [0.15, 0.2) is 24.3 Å². The van der Waals surface area contributed by atoms with Crippen molar-refractivity contribution >= 4 is 11.6 Å². The van der Waals surface area contributed by atoms with Crippen LogP contribution in [-0.2, 0) is 9.59 Å². The van der Waals surface area contributed by atoms with Crippen molar-refractivity contribution in [3.05, 3.63) is 30.0 Å². The van der Waals surface area contributed by atoms with Crippen LogP contribution in [0.2, 0.25) is 0 Å². The Bertz CT molecular complexity index is 709. The highest BCUT2D eigenvalue weighted by molar-refractivity contribution is 5.93. The van der Waals surface area contributed by atoms with E-state index in [2.05, 4.69) is 25.7 Å². The monoisotopic (exact) mass is 383 g/mol. The number of fused-ring (bicyclic) bond motifs is 2. The number of hydrogen-bond donors (Lipinski definition) is 0. The number of allylic oxidation sites excluding steroid dienone is 3. The molecule has 0 aromatic rings. The van der Waals surface area contributed by atoms with E-state index in [1.165, 1.54) is 6.42 Å². The van der Waals surface area contributed by atoms with Crippen LogP contribution in [0.5, 0.6) is 0 Å². The van der Waals surface area contributed by atoms with Crippen LogP contribution >= 0.6 is 0 Å². The number of hydrogen-bond acceptors (Lipinski definition) is 3. The largest absolute Gasteiger partial charge is 0.676 e. The maximum absolute atomic E-state index is 13.4. The first-order valence-corrected chi connectivity index (χ1v) is 11.1. The van der Waals surface area contributed by atoms with Crippen LogP contribution in [-0.4, -0.2) is 42.1 Å². The molecule has 154 valence electrons. The first-order chi connectivity index (χ1) is 13.3. The van der Waals surface area contributed by atoms with Crippen molar-refractivity contribution in [1.29, 1.82) is 0 Å². The molecule has 2 bridgehead atoms. The molecule has 1 N–H and O–H groups in total. The molecule has 0 aromatic heterocycles. The van der Waals surface area contributed by atoms with Crippen molar-refractivity contribution in [2.75, 3.05) is 19.6 Å². The third-order valence-corrected chi connectivity index (χ3v) is 8.74. The third kappa shape index (κ3) is 3.04. The zero-order chi connectivity index (χ0) is 20.1. The highest BCUT2D eigenvalue weighted by atomic mass is 16.1. The average Bonchev–Trinajstić information content (AvgIpc) is 3.15. The van der Waals surface area contributed by atoms with Gasteiger partial charge in [0, 0.05) is 11.3 Å². The van der Waals surface area contributed by atoms with Crippen molar-refractivity contribution in [2.24, 2.45) is 34.5 Å². The fraction of sp³-hybridized carbons (Fsp3) is 0.750. The predicted molar refractivity (Wildman–Crippen MR) is 112 cm³/mol. The summed E-state index contributed by atoms with van der Waals surface area (Å²) in [7, 11) is 0. The molecule has 6 atom stereocenters. The lowest BCUT2D eigenvalue weighted by Gasteiger charge is -2.61. The van der Waals surface area contributed by atoms with E-state index in [0.717, 1.165) is 25.8 Å². The van der Waals surface area contributed by atoms with E-state index >= 15 is 0 Å². The highest BCUT2D eigenvalue weighted by Gasteiger charge is 2.57. The van der Waals surface area contributed by atoms with Gasteiger partial charge < -0.3 is 5.73 Å². The summed E-state index contributed by atoms with van der Waals surface area (Å²) in [5, 5.41) is 0. The Morgan fingerprint density at radius 1 is 1.21 bits per heavy atom. The molecule has 4 heteroatoms. The third-order valence-electron chi connectivity index (χ3n) is 8.74. The molecular weight excluding hydrogens is 348 g/mol. The topological polar surface area (TPSA) is 61.2 Å². The lowest BCUT2D eigenvalue weighted by Crippen LogP contribution is -2.57. The number of likely N-dealkylation sites (tertiary alicyclic amines) is 1. The van der Waals surface area contributed by atoms with Crippen LogP contribution in [0.4, 0.5) is 0 Å². The summed E-state index contributed by atoms with van der Waals surface area (Å²) in [6.07, 6.45) is 12.5. The van der Waals surface area contributed by atoms with Crippen molar-refractivity contribution in [3.63, 3.8) is 0 Å². The summed E-state index contributed by atoms with van der Waals surface area (Å²) in [4.78, 5) is 28.7. The molecule has 4 nitrogen and oxygen atoms in total. The number of nitrogens with zero attached hydrogens (tertiary/aromatic N) is 1. The molecule has 0 amide bonds. The summed E-state index contributed by atoms with van der Waals surface area (Å²) >= 11 is 0. The average molecular weight is 384 g/mol. The quantitative estimate of drug-likeness (QED) is 0.680. The Balaban J connectivity index is 1.43. The van der Waals surface area contributed by atoms with Crippen molar-refractivity contribution in [1.82, 2.24) is 4.90 Å². The van der Waals surface area contributed by atoms with E-state index in [9.17, 15) is 9.59 Å². The van der Waals surface area contributed by atoms with Gasteiger partial charge >= 0.3 is 0 Å². The van der Waals surface area contributed by atoms with E-state index in [-0.39, 0.29) is 24.3 Å². The summed E-state index contributed by atoms with van der Waals surface area (Å²) in [6.45, 7) is 8.33. The van der Waals surface area contributed by atoms with Gasteiger partial charge in [0.05, 0.1) is 12.6 Å². The van der Waals surface area contributed by atoms with Crippen molar-refractivity contribution in [2.45, 2.75) is 58.9 Å². The van der Waals surface area contributed by atoms with Gasteiger partial charge in [0.25, 0.3) is 0 Å². The predicted octanol–water partition coefficient (Wildman–Crippen LogP) is 4.46. The minimum absolute atomic E-state index is 0.0864. The SMILES string of the molecule is CC1C(C(=O)CN2CCC[C@H]2C(=O)C2(C[NH-])C=CC=CC2)CC2CC1C2(C)C. The first kappa shape index (κ1) is 20.0. The summed E-state index contributed by atoms with van der Waals surface area (Å²) < 4.78 is 0. The Morgan fingerprint density at radius 3 is 2.61 bits per heavy atom. The van der Waals surface area contributed by atoms with Gasteiger partial charge in [-0.2, -0.15) is 0 Å². The van der Waals surface area contributed by atoms with E-state index in [1.54, 1.807) is 0 Å². The van der Waals surface area contributed by atoms with Crippen LogP contribution < -0.4 is 0 Å². The summed E-state index contributed by atoms with van der Waals surface area (Å²) in [5.41, 5.74) is 7.70. The van der Waals surface area contributed by atoms with Crippen molar-refractivity contribution in [3.8, 4) is 0 Å². The minimum atomic E-state index is -0.700. The fourth-order valence-corrected chi connectivity index (χ4v) is 6.60. The number of rotatable bonds is 6. The second kappa shape index (κ2) is 7.21. The molecule has 3 saturated carbocycles. The van der Waals surface area contributed by atoms with Crippen LogP contribution in [0.25, 0.3) is 5.73 Å². The Morgan fingerprint density at radius 2 is 2.00 bits per heavy atom. The second-order valence-electron chi connectivity index (χ2n) is 10.3. The molecule has 4 fully saturated rings. The Hall–Kier alpha value is -1.26. The van der Waals surface area contributed by atoms with Crippen LogP contribution in [0.1, 0.15) is 52.9 Å². The van der Waals surface area contributed by atoms with Gasteiger partial charge in [-0.05, 0) is 61.8 Å². The zero-order valence-electron chi connectivity index (χ0n) is 17.6. The number of carbonyl (C=O) groups is 2. The molecule has 1 heterocycles. The molecule has 0 aromatic carbocycles. The van der Waals surface area contributed by atoms with Gasteiger partial charge in [-0.25, -0.2) is 0 Å². The summed E-state index contributed by atoms with van der Waals surface area (Å²) in [5.74, 6) is 2.46. The van der Waals surface area contributed by atoms with Gasteiger partial charge in [0.15, 0.2) is 5.78 Å². The first-order valence-electron chi connectivity index (χ1n) is 11.1. The van der Waals surface area contributed by atoms with Gasteiger partial charge in [-0.15, -0.1) is 6.54 Å². The van der Waals surface area contributed by atoms with Gasteiger partial charge in [-0.3, -0.25) is 14.5 Å². The molecule has 4 aliphatic carbocycles. The molecule has 28 heavy (non-hydrogen) atoms. The number of carbonyl (C=O) groups excluding carboxylic acids is 2. The zero-order valence-corrected chi connectivity index (χ0v) is 17.6. The Kier molecular flexibility index (Phi) is 5.16. The second-order valence-corrected chi connectivity index (χ2v) is 10.3. The van der Waals surface area contributed by atoms with E-state index < -0.39 is 5.41 Å². The molecule has 5 unspecified atom stereocenters. The van der Waals surface area contributed by atoms with E-state index in [1.807, 2.05) is 24.3 Å². The fourth-order valence-electron chi connectivity index (χ4n) is 6.60. The molecule has 1 saturated heterocycles. The van der Waals surface area contributed by atoms with Gasteiger partial charge in [0.2, 0.25) is 0 Å². The lowest BCUT2D eigenvalue weighted by molar-refractivity contribution is -0.153. The van der Waals surface area contributed by atoms with Gasteiger partial charge in [0.1, 0.15) is 5.78 Å². The van der Waals surface area contributed by atoms with Crippen LogP contribution in [0.3, 0.4) is 0 Å². The standard InChI is InChI=1S/C24H35N2O2/c1-16-18(12-17-13-19(16)23(17,2)3)21(27)14-26-11-7-8-20(26)22(28)24(15-25)9-5-4-6-10-24/h4-6,9,16-20,25H,7-8,10-15H2,1-3H3/q-1/t16?,17?,18?,19?,20-,24?/m0/s1. The smallest absolute Gasteiger partial charge is 0.158 e. The van der Waals surface area contributed by atoms with E-state index in [0.29, 0.717) is 41.9 Å². The molecule has 1 aliphatic heterocycles. The summed E-state index contributed by atoms with van der Waals surface area (Å²) in [6, 6.07) is -0.199. The van der Waals surface area contributed by atoms with E-state index in [4.69, 9.17) is 5.73 Å². The molecule has 5 rings (SSSR count). The molecule has 0 radical (unpaired) electrons.